The fourth-order valence-electron chi connectivity index (χ4n) is 3.04. The van der Waals surface area contributed by atoms with E-state index in [1.54, 1.807) is 18.2 Å². The zero-order valence-corrected chi connectivity index (χ0v) is 19.8. The first kappa shape index (κ1) is 22.5. The number of nitro groups is 1. The summed E-state index contributed by atoms with van der Waals surface area (Å²) in [6.45, 7) is -0.214. The van der Waals surface area contributed by atoms with Gasteiger partial charge in [0, 0.05) is 21.6 Å². The van der Waals surface area contributed by atoms with Crippen molar-refractivity contribution in [2.45, 2.75) is 11.5 Å². The first-order valence-corrected chi connectivity index (χ1v) is 11.9. The topological polar surface area (TPSA) is 104 Å². The number of hydrogen-bond acceptors (Lipinski definition) is 6. The van der Waals surface area contributed by atoms with Gasteiger partial charge in [0.2, 0.25) is 0 Å². The summed E-state index contributed by atoms with van der Waals surface area (Å²) >= 11 is 15.5. The van der Waals surface area contributed by atoms with Gasteiger partial charge in [-0.1, -0.05) is 39.1 Å². The molecule has 0 amide bonds. The van der Waals surface area contributed by atoms with Crippen LogP contribution in [0.1, 0.15) is 5.82 Å². The molecule has 4 aromatic rings. The van der Waals surface area contributed by atoms with Crippen LogP contribution in [0.4, 0.5) is 5.69 Å². The van der Waals surface area contributed by atoms with Crippen molar-refractivity contribution in [1.29, 1.82) is 0 Å². The lowest BCUT2D eigenvalue weighted by Gasteiger charge is -2.13. The van der Waals surface area contributed by atoms with E-state index < -0.39 is 14.9 Å². The number of aromatic nitrogens is 2. The van der Waals surface area contributed by atoms with Crippen molar-refractivity contribution in [1.82, 2.24) is 8.96 Å². The zero-order valence-electron chi connectivity index (χ0n) is 15.9. The second-order valence-electron chi connectivity index (χ2n) is 6.54. The number of non-ortho nitro benzene ring substituents is 1. The summed E-state index contributed by atoms with van der Waals surface area (Å²) in [5, 5.41) is 11.1. The normalized spacial score (nSPS) is 11.6. The first-order valence-electron chi connectivity index (χ1n) is 8.91. The summed E-state index contributed by atoms with van der Waals surface area (Å²) < 4.78 is 34.5. The van der Waals surface area contributed by atoms with E-state index in [0.717, 1.165) is 8.45 Å². The van der Waals surface area contributed by atoms with Gasteiger partial charge in [-0.25, -0.2) is 17.4 Å². The summed E-state index contributed by atoms with van der Waals surface area (Å²) in [6, 6.07) is 14.5. The Morgan fingerprint density at radius 2 is 1.78 bits per heavy atom. The maximum Gasteiger partial charge on any atom is 0.271 e. The zero-order chi connectivity index (χ0) is 23.0. The summed E-state index contributed by atoms with van der Waals surface area (Å²) in [6.07, 6.45) is 0. The molecule has 0 spiro atoms. The molecule has 0 radical (unpaired) electrons. The third-order valence-corrected chi connectivity index (χ3v) is 7.42. The Bertz CT molecular complexity index is 1460. The maximum atomic E-state index is 13.5. The second-order valence-corrected chi connectivity index (χ2v) is 10.1. The number of imidazole rings is 1. The maximum absolute atomic E-state index is 13.5. The smallest absolute Gasteiger partial charge is 0.271 e. The lowest BCUT2D eigenvalue weighted by molar-refractivity contribution is -0.384. The van der Waals surface area contributed by atoms with Crippen LogP contribution in [-0.4, -0.2) is 22.3 Å². The lowest BCUT2D eigenvalue weighted by atomic mass is 10.3. The van der Waals surface area contributed by atoms with Gasteiger partial charge < -0.3 is 4.74 Å². The molecule has 0 saturated heterocycles. The Hall–Kier alpha value is -2.66. The van der Waals surface area contributed by atoms with Crippen molar-refractivity contribution in [2.24, 2.45) is 0 Å². The van der Waals surface area contributed by atoms with Crippen molar-refractivity contribution in [3.63, 3.8) is 0 Å². The quantitative estimate of drug-likeness (QED) is 0.218. The fourth-order valence-corrected chi connectivity index (χ4v) is 5.61. The Morgan fingerprint density at radius 1 is 1.06 bits per heavy atom. The van der Waals surface area contributed by atoms with Gasteiger partial charge in [0.25, 0.3) is 15.7 Å². The molecule has 0 saturated carbocycles. The first-order chi connectivity index (χ1) is 15.2. The van der Waals surface area contributed by atoms with E-state index in [9.17, 15) is 18.5 Å². The Balaban J connectivity index is 1.79. The van der Waals surface area contributed by atoms with Gasteiger partial charge in [-0.2, -0.15) is 0 Å². The van der Waals surface area contributed by atoms with Crippen LogP contribution in [0.15, 0.2) is 70.0 Å². The summed E-state index contributed by atoms with van der Waals surface area (Å²) in [7, 11) is -4.16. The molecule has 0 fully saturated rings. The number of nitro benzene ring substituents is 1. The monoisotopic (exact) mass is 555 g/mol. The van der Waals surface area contributed by atoms with Crippen LogP contribution in [0.3, 0.4) is 0 Å². The van der Waals surface area contributed by atoms with Crippen molar-refractivity contribution in [3.05, 3.63) is 91.1 Å². The van der Waals surface area contributed by atoms with Gasteiger partial charge in [-0.05, 0) is 48.5 Å². The van der Waals surface area contributed by atoms with Crippen molar-refractivity contribution in [2.75, 3.05) is 0 Å². The molecule has 0 N–H and O–H groups in total. The predicted molar refractivity (Wildman–Crippen MR) is 124 cm³/mol. The van der Waals surface area contributed by atoms with Gasteiger partial charge in [0.1, 0.15) is 17.3 Å². The minimum absolute atomic E-state index is 0.0290. The summed E-state index contributed by atoms with van der Waals surface area (Å²) in [5.41, 5.74) is 0.672. The number of nitrogens with zero attached hydrogens (tertiary/aromatic N) is 3. The SMILES string of the molecule is O=[N+]([O-])c1ccc(OCc2nc3cc(Br)ccc3n2S(=O)(=O)c2ccc(Cl)cc2Cl)cc1. The Kier molecular flexibility index (Phi) is 6.13. The second kappa shape index (κ2) is 8.70. The minimum Gasteiger partial charge on any atom is -0.486 e. The van der Waals surface area contributed by atoms with E-state index >= 15 is 0 Å². The molecular formula is C20H12BrCl2N3O5S. The molecular weight excluding hydrogens is 545 g/mol. The average Bonchev–Trinajstić information content (AvgIpc) is 3.10. The van der Waals surface area contributed by atoms with E-state index in [1.807, 2.05) is 0 Å². The summed E-state index contributed by atoms with van der Waals surface area (Å²) in [4.78, 5) is 14.6. The molecule has 1 heterocycles. The molecule has 1 aromatic heterocycles. The van der Waals surface area contributed by atoms with Crippen LogP contribution >= 0.6 is 39.1 Å². The molecule has 0 atom stereocenters. The van der Waals surface area contributed by atoms with Crippen molar-refractivity contribution >= 4 is 65.9 Å². The van der Waals surface area contributed by atoms with Gasteiger partial charge in [-0.3, -0.25) is 10.1 Å². The fraction of sp³-hybridized carbons (Fsp3) is 0.0500. The van der Waals surface area contributed by atoms with E-state index in [1.165, 1.54) is 42.5 Å². The van der Waals surface area contributed by atoms with E-state index in [4.69, 9.17) is 27.9 Å². The molecule has 12 heteroatoms. The standard InChI is InChI=1S/C20H12BrCl2N3O5S/c21-12-1-7-18-17(9-12)24-20(11-31-15-5-3-14(4-6-15)26(27)28)25(18)32(29,30)19-8-2-13(22)10-16(19)23/h1-10H,11H2. The van der Waals surface area contributed by atoms with Crippen LogP contribution < -0.4 is 4.74 Å². The van der Waals surface area contributed by atoms with Crippen LogP contribution in [0.5, 0.6) is 5.75 Å². The highest BCUT2D eigenvalue weighted by Gasteiger charge is 2.27. The number of ether oxygens (including phenoxy) is 1. The third-order valence-electron chi connectivity index (χ3n) is 4.47. The highest BCUT2D eigenvalue weighted by molar-refractivity contribution is 9.10. The van der Waals surface area contributed by atoms with Crippen LogP contribution in [0.25, 0.3) is 11.0 Å². The molecule has 3 aromatic carbocycles. The van der Waals surface area contributed by atoms with Crippen LogP contribution in [0, 0.1) is 10.1 Å². The van der Waals surface area contributed by atoms with Gasteiger partial charge in [-0.15, -0.1) is 0 Å². The van der Waals surface area contributed by atoms with Gasteiger partial charge in [0.05, 0.1) is 21.0 Å². The largest absolute Gasteiger partial charge is 0.486 e. The lowest BCUT2D eigenvalue weighted by Crippen LogP contribution is -2.18. The number of hydrogen-bond donors (Lipinski definition) is 0. The minimum atomic E-state index is -4.16. The van der Waals surface area contributed by atoms with Crippen LogP contribution in [0.2, 0.25) is 10.0 Å². The van der Waals surface area contributed by atoms with Gasteiger partial charge in [0.15, 0.2) is 5.82 Å². The highest BCUT2D eigenvalue weighted by Crippen LogP contribution is 2.31. The number of fused-ring (bicyclic) bond motifs is 1. The van der Waals surface area contributed by atoms with Crippen molar-refractivity contribution in [3.8, 4) is 5.75 Å². The molecule has 0 unspecified atom stereocenters. The molecule has 4 rings (SSSR count). The molecule has 0 aliphatic rings. The Morgan fingerprint density at radius 3 is 2.44 bits per heavy atom. The van der Waals surface area contributed by atoms with Gasteiger partial charge >= 0.3 is 0 Å². The van der Waals surface area contributed by atoms with E-state index in [-0.39, 0.29) is 28.0 Å². The summed E-state index contributed by atoms with van der Waals surface area (Å²) in [5.74, 6) is 0.416. The molecule has 0 aliphatic heterocycles. The Labute approximate surface area is 200 Å². The third kappa shape index (κ3) is 4.31. The highest BCUT2D eigenvalue weighted by atomic mass is 79.9. The number of rotatable bonds is 6. The van der Waals surface area contributed by atoms with E-state index in [0.29, 0.717) is 21.8 Å². The molecule has 164 valence electrons. The average molecular weight is 557 g/mol. The molecule has 32 heavy (non-hydrogen) atoms. The number of benzene rings is 3. The molecule has 8 nitrogen and oxygen atoms in total. The van der Waals surface area contributed by atoms with Crippen molar-refractivity contribution < 1.29 is 18.1 Å². The van der Waals surface area contributed by atoms with E-state index in [2.05, 4.69) is 20.9 Å². The number of halogens is 3. The molecule has 0 bridgehead atoms. The predicted octanol–water partition coefficient (Wildman–Crippen LogP) is 5.83. The van der Waals surface area contributed by atoms with Crippen LogP contribution in [-0.2, 0) is 16.6 Å². The molecule has 0 aliphatic carbocycles.